The number of para-hydroxylation sites is 2. The second-order valence-corrected chi connectivity index (χ2v) is 7.41. The van der Waals surface area contributed by atoms with Gasteiger partial charge < -0.3 is 4.90 Å². The highest BCUT2D eigenvalue weighted by atomic mass is 35.5. The maximum atomic E-state index is 6.03. The third kappa shape index (κ3) is 4.82. The molecule has 0 aliphatic carbocycles. The molecule has 0 fully saturated rings. The summed E-state index contributed by atoms with van der Waals surface area (Å²) in [7, 11) is 0. The van der Waals surface area contributed by atoms with Gasteiger partial charge in [-0.25, -0.2) is 0 Å². The first-order valence-corrected chi connectivity index (χ1v) is 10.2. The van der Waals surface area contributed by atoms with Crippen molar-refractivity contribution < 1.29 is 0 Å². The minimum absolute atomic E-state index is 0.489. The molecule has 4 rings (SSSR count). The molecule has 0 aliphatic heterocycles. The van der Waals surface area contributed by atoms with Crippen molar-refractivity contribution in [2.45, 2.75) is 0 Å². The lowest BCUT2D eigenvalue weighted by molar-refractivity contribution is 1.28. The summed E-state index contributed by atoms with van der Waals surface area (Å²) in [5, 5.41) is 5.29. The lowest BCUT2D eigenvalue weighted by Crippen LogP contribution is -2.09. The topological polar surface area (TPSA) is 27.6 Å². The molecule has 0 amide bonds. The molecular formula is C25H19Cl2N3. The molecule has 5 heteroatoms. The maximum absolute atomic E-state index is 6.03. The second kappa shape index (κ2) is 9.49. The van der Waals surface area contributed by atoms with Crippen LogP contribution < -0.4 is 10.3 Å². The first-order chi connectivity index (χ1) is 14.7. The maximum Gasteiger partial charge on any atom is 0.0613 e. The van der Waals surface area contributed by atoms with Crippen molar-refractivity contribution in [2.75, 3.05) is 10.3 Å². The van der Waals surface area contributed by atoms with Crippen LogP contribution in [0.3, 0.4) is 0 Å². The Morgan fingerprint density at radius 3 is 1.77 bits per heavy atom. The van der Waals surface area contributed by atoms with E-state index in [0.29, 0.717) is 10.0 Å². The van der Waals surface area contributed by atoms with Crippen molar-refractivity contribution >= 4 is 52.2 Å². The molecule has 3 nitrogen and oxygen atoms in total. The van der Waals surface area contributed by atoms with E-state index in [2.05, 4.69) is 51.8 Å². The highest BCUT2D eigenvalue weighted by Gasteiger charge is 2.11. The summed E-state index contributed by atoms with van der Waals surface area (Å²) in [6, 6.07) is 34.2. The minimum atomic E-state index is 0.489. The Hall–Kier alpha value is -3.27. The number of hydrazone groups is 1. The third-order valence-electron chi connectivity index (χ3n) is 4.51. The number of hydrogen-bond donors (Lipinski definition) is 1. The highest BCUT2D eigenvalue weighted by molar-refractivity contribution is 6.42. The van der Waals surface area contributed by atoms with E-state index in [0.717, 1.165) is 28.3 Å². The minimum Gasteiger partial charge on any atom is -0.311 e. The largest absolute Gasteiger partial charge is 0.311 e. The van der Waals surface area contributed by atoms with Crippen LogP contribution in [0.25, 0.3) is 0 Å². The van der Waals surface area contributed by atoms with Crippen LogP contribution in [-0.2, 0) is 0 Å². The van der Waals surface area contributed by atoms with Gasteiger partial charge in [-0.2, -0.15) is 5.10 Å². The summed E-state index contributed by atoms with van der Waals surface area (Å²) in [4.78, 5) is 2.22. The number of rotatable bonds is 6. The van der Waals surface area contributed by atoms with Gasteiger partial charge in [-0.3, -0.25) is 5.43 Å². The van der Waals surface area contributed by atoms with Crippen molar-refractivity contribution in [3.05, 3.63) is 119 Å². The van der Waals surface area contributed by atoms with Gasteiger partial charge in [0.05, 0.1) is 21.9 Å². The summed E-state index contributed by atoms with van der Waals surface area (Å²) in [6.45, 7) is 0. The molecule has 30 heavy (non-hydrogen) atoms. The lowest BCUT2D eigenvalue weighted by Gasteiger charge is -2.25. The Balaban J connectivity index is 1.54. The lowest BCUT2D eigenvalue weighted by atomic mass is 10.1. The molecule has 0 heterocycles. The summed E-state index contributed by atoms with van der Waals surface area (Å²) in [5.41, 5.74) is 8.00. The molecule has 0 aromatic heterocycles. The van der Waals surface area contributed by atoms with Crippen LogP contribution >= 0.6 is 23.2 Å². The van der Waals surface area contributed by atoms with E-state index in [9.17, 15) is 0 Å². The standard InChI is InChI=1S/C25H19Cl2N3/c26-24-16-13-20(17-25(24)27)29-28-18-19-11-14-23(15-12-19)30(21-7-3-1-4-8-21)22-9-5-2-6-10-22/h1-18,29H/b28-18+. The van der Waals surface area contributed by atoms with E-state index in [-0.39, 0.29) is 0 Å². The number of nitrogens with one attached hydrogen (secondary N) is 1. The van der Waals surface area contributed by atoms with Crippen molar-refractivity contribution in [3.8, 4) is 0 Å². The summed E-state index contributed by atoms with van der Waals surface area (Å²) in [6.07, 6.45) is 1.77. The Bertz CT molecular complexity index is 1090. The quantitative estimate of drug-likeness (QED) is 0.248. The van der Waals surface area contributed by atoms with E-state index in [4.69, 9.17) is 23.2 Å². The number of anilines is 4. The molecule has 148 valence electrons. The second-order valence-electron chi connectivity index (χ2n) is 6.60. The molecule has 0 saturated heterocycles. The van der Waals surface area contributed by atoms with Gasteiger partial charge in [-0.05, 0) is 60.2 Å². The number of nitrogens with zero attached hydrogens (tertiary/aromatic N) is 2. The zero-order valence-corrected chi connectivity index (χ0v) is 17.6. The Kier molecular flexibility index (Phi) is 6.33. The molecule has 1 N–H and O–H groups in total. The van der Waals surface area contributed by atoms with Crippen molar-refractivity contribution in [3.63, 3.8) is 0 Å². The smallest absolute Gasteiger partial charge is 0.0613 e. The van der Waals surface area contributed by atoms with Crippen LogP contribution in [0.5, 0.6) is 0 Å². The van der Waals surface area contributed by atoms with Gasteiger partial charge in [0, 0.05) is 17.1 Å². The monoisotopic (exact) mass is 431 g/mol. The fourth-order valence-corrected chi connectivity index (χ4v) is 3.36. The Morgan fingerprint density at radius 1 is 0.633 bits per heavy atom. The normalized spacial score (nSPS) is 10.9. The van der Waals surface area contributed by atoms with Gasteiger partial charge in [0.1, 0.15) is 0 Å². The van der Waals surface area contributed by atoms with Crippen LogP contribution in [0, 0.1) is 0 Å². The number of benzene rings is 4. The Morgan fingerprint density at radius 2 is 1.20 bits per heavy atom. The molecule has 0 radical (unpaired) electrons. The predicted octanol–water partition coefficient (Wildman–Crippen LogP) is 7.91. The zero-order valence-electron chi connectivity index (χ0n) is 16.0. The van der Waals surface area contributed by atoms with E-state index >= 15 is 0 Å². The first kappa shape index (κ1) is 20.0. The molecular weight excluding hydrogens is 413 g/mol. The molecule has 4 aromatic carbocycles. The van der Waals surface area contributed by atoms with Crippen LogP contribution in [-0.4, -0.2) is 6.21 Å². The van der Waals surface area contributed by atoms with Crippen molar-refractivity contribution in [1.29, 1.82) is 0 Å². The molecule has 0 saturated carbocycles. The van der Waals surface area contributed by atoms with Gasteiger partial charge in [0.25, 0.3) is 0 Å². The van der Waals surface area contributed by atoms with Gasteiger partial charge in [0.15, 0.2) is 0 Å². The van der Waals surface area contributed by atoms with E-state index in [1.165, 1.54) is 0 Å². The fraction of sp³-hybridized carbons (Fsp3) is 0. The molecule has 4 aromatic rings. The number of hydrogen-bond acceptors (Lipinski definition) is 3. The molecule has 0 atom stereocenters. The van der Waals surface area contributed by atoms with Gasteiger partial charge >= 0.3 is 0 Å². The van der Waals surface area contributed by atoms with Gasteiger partial charge in [-0.15, -0.1) is 0 Å². The summed E-state index contributed by atoms with van der Waals surface area (Å²) in [5.74, 6) is 0. The van der Waals surface area contributed by atoms with Crippen molar-refractivity contribution in [1.82, 2.24) is 0 Å². The van der Waals surface area contributed by atoms with Gasteiger partial charge in [0.2, 0.25) is 0 Å². The van der Waals surface area contributed by atoms with Crippen LogP contribution in [0.15, 0.2) is 108 Å². The first-order valence-electron chi connectivity index (χ1n) is 9.45. The fourth-order valence-electron chi connectivity index (χ4n) is 3.06. The highest BCUT2D eigenvalue weighted by Crippen LogP contribution is 2.33. The molecule has 0 unspecified atom stereocenters. The van der Waals surface area contributed by atoms with E-state index in [1.807, 2.05) is 54.6 Å². The molecule has 0 bridgehead atoms. The van der Waals surface area contributed by atoms with Crippen molar-refractivity contribution in [2.24, 2.45) is 5.10 Å². The van der Waals surface area contributed by atoms with Crippen LogP contribution in [0.4, 0.5) is 22.7 Å². The van der Waals surface area contributed by atoms with E-state index < -0.39 is 0 Å². The summed E-state index contributed by atoms with van der Waals surface area (Å²) < 4.78 is 0. The van der Waals surface area contributed by atoms with E-state index in [1.54, 1.807) is 18.3 Å². The van der Waals surface area contributed by atoms with Crippen LogP contribution in [0.1, 0.15) is 5.56 Å². The SMILES string of the molecule is Clc1ccc(N/N=C/c2ccc(N(c3ccccc3)c3ccccc3)cc2)cc1Cl. The molecule has 0 aliphatic rings. The average molecular weight is 432 g/mol. The zero-order chi connectivity index (χ0) is 20.8. The third-order valence-corrected chi connectivity index (χ3v) is 5.25. The van der Waals surface area contributed by atoms with Gasteiger partial charge in [-0.1, -0.05) is 71.7 Å². The summed E-state index contributed by atoms with van der Waals surface area (Å²) >= 11 is 12.0. The van der Waals surface area contributed by atoms with Crippen LogP contribution in [0.2, 0.25) is 10.0 Å². The molecule has 0 spiro atoms. The number of halogens is 2. The predicted molar refractivity (Wildman–Crippen MR) is 129 cm³/mol. The average Bonchev–Trinajstić information content (AvgIpc) is 2.79. The Labute approximate surface area is 186 Å².